The lowest BCUT2D eigenvalue weighted by molar-refractivity contribution is -0.133. The Balaban J connectivity index is 1.94. The summed E-state index contributed by atoms with van der Waals surface area (Å²) in [6.45, 7) is 3.62. The van der Waals surface area contributed by atoms with Crippen LogP contribution in [-0.4, -0.2) is 19.1 Å². The van der Waals surface area contributed by atoms with E-state index in [2.05, 4.69) is 5.32 Å². The molecule has 4 nitrogen and oxygen atoms in total. The number of carbonyl (C=O) groups excluding carboxylic acids is 1. The van der Waals surface area contributed by atoms with Crippen LogP contribution < -0.4 is 10.1 Å². The third kappa shape index (κ3) is 5.34. The molecule has 0 spiro atoms. The molecule has 0 heterocycles. The van der Waals surface area contributed by atoms with Crippen molar-refractivity contribution in [1.29, 1.82) is 0 Å². The van der Waals surface area contributed by atoms with Crippen molar-refractivity contribution in [1.82, 2.24) is 5.32 Å². The zero-order chi connectivity index (χ0) is 19.3. The number of benzene rings is 2. The van der Waals surface area contributed by atoms with Crippen LogP contribution in [0.15, 0.2) is 36.4 Å². The molecule has 0 aromatic heterocycles. The van der Waals surface area contributed by atoms with E-state index in [-0.39, 0.29) is 22.6 Å². The van der Waals surface area contributed by atoms with Crippen molar-refractivity contribution >= 4 is 29.1 Å². The number of halogens is 3. The molecule has 0 aliphatic heterocycles. The number of carbonyl (C=O) groups is 1. The van der Waals surface area contributed by atoms with Gasteiger partial charge in [-0.15, -0.1) is 0 Å². The number of nitrogens with one attached hydrogen (secondary N) is 1. The Morgan fingerprint density at radius 1 is 1.19 bits per heavy atom. The van der Waals surface area contributed by atoms with Crippen LogP contribution in [0, 0.1) is 5.82 Å². The van der Waals surface area contributed by atoms with E-state index in [1.807, 2.05) is 24.3 Å². The van der Waals surface area contributed by atoms with Gasteiger partial charge in [0, 0.05) is 5.02 Å². The second kappa shape index (κ2) is 9.21. The largest absolute Gasteiger partial charge is 0.497 e. The van der Waals surface area contributed by atoms with Gasteiger partial charge < -0.3 is 14.8 Å². The van der Waals surface area contributed by atoms with Gasteiger partial charge in [0.15, 0.2) is 0 Å². The Morgan fingerprint density at radius 2 is 1.92 bits per heavy atom. The third-order valence-corrected chi connectivity index (χ3v) is 4.49. The molecular formula is C19H20Cl2FNO3. The van der Waals surface area contributed by atoms with Crippen LogP contribution in [0.3, 0.4) is 0 Å². The van der Waals surface area contributed by atoms with Crippen LogP contribution in [0.5, 0.6) is 5.75 Å². The second-order valence-electron chi connectivity index (χ2n) is 5.82. The summed E-state index contributed by atoms with van der Waals surface area (Å²) in [4.78, 5) is 12.3. The van der Waals surface area contributed by atoms with Gasteiger partial charge in [0.2, 0.25) is 5.91 Å². The molecule has 26 heavy (non-hydrogen) atoms. The number of rotatable bonds is 7. The molecule has 1 amide bonds. The monoisotopic (exact) mass is 399 g/mol. The summed E-state index contributed by atoms with van der Waals surface area (Å²) in [5, 5.41) is 2.98. The molecule has 0 saturated heterocycles. The minimum atomic E-state index is -0.695. The highest BCUT2D eigenvalue weighted by atomic mass is 35.5. The summed E-state index contributed by atoms with van der Waals surface area (Å²) in [7, 11) is 1.59. The molecule has 0 bridgehead atoms. The summed E-state index contributed by atoms with van der Waals surface area (Å²) >= 11 is 11.8. The van der Waals surface area contributed by atoms with Crippen molar-refractivity contribution in [3.05, 3.63) is 63.4 Å². The van der Waals surface area contributed by atoms with Crippen molar-refractivity contribution in [2.75, 3.05) is 7.11 Å². The lowest BCUT2D eigenvalue weighted by atomic mass is 10.1. The molecule has 2 atom stereocenters. The molecule has 2 unspecified atom stereocenters. The van der Waals surface area contributed by atoms with Crippen LogP contribution in [-0.2, 0) is 16.1 Å². The molecule has 140 valence electrons. The normalized spacial score (nSPS) is 13.2. The van der Waals surface area contributed by atoms with E-state index in [1.165, 1.54) is 12.1 Å². The quantitative estimate of drug-likeness (QED) is 0.671. The van der Waals surface area contributed by atoms with Gasteiger partial charge in [-0.3, -0.25) is 4.79 Å². The lowest BCUT2D eigenvalue weighted by Gasteiger charge is -2.19. The van der Waals surface area contributed by atoms with Gasteiger partial charge >= 0.3 is 0 Å². The van der Waals surface area contributed by atoms with E-state index in [0.717, 1.165) is 11.3 Å². The first-order valence-electron chi connectivity index (χ1n) is 8.01. The van der Waals surface area contributed by atoms with Crippen molar-refractivity contribution in [2.45, 2.75) is 32.6 Å². The van der Waals surface area contributed by atoms with Gasteiger partial charge in [-0.2, -0.15) is 0 Å². The Bertz CT molecular complexity index is 785. The topological polar surface area (TPSA) is 47.6 Å². The maximum absolute atomic E-state index is 13.6. The van der Waals surface area contributed by atoms with E-state index < -0.39 is 18.0 Å². The molecule has 0 fully saturated rings. The van der Waals surface area contributed by atoms with Crippen LogP contribution >= 0.6 is 23.2 Å². The van der Waals surface area contributed by atoms with E-state index >= 15 is 0 Å². The highest BCUT2D eigenvalue weighted by molar-refractivity contribution is 6.35. The average Bonchev–Trinajstić information content (AvgIpc) is 2.62. The third-order valence-electron chi connectivity index (χ3n) is 3.87. The van der Waals surface area contributed by atoms with E-state index in [9.17, 15) is 9.18 Å². The van der Waals surface area contributed by atoms with Crippen molar-refractivity contribution in [2.24, 2.45) is 0 Å². The fraction of sp³-hybridized carbons (Fsp3) is 0.316. The zero-order valence-corrected chi connectivity index (χ0v) is 16.2. The van der Waals surface area contributed by atoms with Crippen molar-refractivity contribution in [3.8, 4) is 5.75 Å². The number of amides is 1. The van der Waals surface area contributed by atoms with Crippen molar-refractivity contribution in [3.63, 3.8) is 0 Å². The number of methoxy groups -OCH3 is 1. The first-order chi connectivity index (χ1) is 12.3. The summed E-state index contributed by atoms with van der Waals surface area (Å²) < 4.78 is 24.4. The fourth-order valence-electron chi connectivity index (χ4n) is 2.34. The van der Waals surface area contributed by atoms with Crippen LogP contribution in [0.4, 0.5) is 4.39 Å². The van der Waals surface area contributed by atoms with Gasteiger partial charge in [-0.1, -0.05) is 35.3 Å². The number of hydrogen-bond donors (Lipinski definition) is 1. The highest BCUT2D eigenvalue weighted by Crippen LogP contribution is 2.28. The SMILES string of the molecule is COc1cccc(COC(C)C(=O)NC(C)c2cc(F)c(Cl)cc2Cl)c1. The molecule has 0 saturated carbocycles. The molecule has 2 rings (SSSR count). The van der Waals surface area contributed by atoms with E-state index in [0.29, 0.717) is 5.56 Å². The Morgan fingerprint density at radius 3 is 2.62 bits per heavy atom. The molecule has 7 heteroatoms. The number of hydrogen-bond acceptors (Lipinski definition) is 3. The Hall–Kier alpha value is -1.82. The summed E-state index contributed by atoms with van der Waals surface area (Å²) in [6.07, 6.45) is -0.695. The van der Waals surface area contributed by atoms with E-state index in [1.54, 1.807) is 21.0 Å². The predicted molar refractivity (Wildman–Crippen MR) is 100 cm³/mol. The predicted octanol–water partition coefficient (Wildman–Crippen LogP) is 4.92. The molecule has 1 N–H and O–H groups in total. The van der Waals surface area contributed by atoms with Gasteiger partial charge in [0.25, 0.3) is 0 Å². The van der Waals surface area contributed by atoms with Gasteiger partial charge in [-0.25, -0.2) is 4.39 Å². The highest BCUT2D eigenvalue weighted by Gasteiger charge is 2.19. The minimum absolute atomic E-state index is 0.0627. The standard InChI is InChI=1S/C19H20Cl2FNO3/c1-11(15-8-18(22)17(21)9-16(15)20)23-19(24)12(2)26-10-13-5-4-6-14(7-13)25-3/h4-9,11-12H,10H2,1-3H3,(H,23,24). The lowest BCUT2D eigenvalue weighted by Crippen LogP contribution is -2.36. The van der Waals surface area contributed by atoms with Crippen LogP contribution in [0.25, 0.3) is 0 Å². The summed E-state index contributed by atoms with van der Waals surface area (Å²) in [5.74, 6) is -0.197. The fourth-order valence-corrected chi connectivity index (χ4v) is 2.88. The summed E-state index contributed by atoms with van der Waals surface area (Å²) in [6, 6.07) is 9.44. The first-order valence-corrected chi connectivity index (χ1v) is 8.76. The second-order valence-corrected chi connectivity index (χ2v) is 6.64. The zero-order valence-electron chi connectivity index (χ0n) is 14.7. The molecule has 0 radical (unpaired) electrons. The Labute approximate surface area is 162 Å². The molecule has 0 aliphatic rings. The first kappa shape index (κ1) is 20.5. The van der Waals surface area contributed by atoms with Gasteiger partial charge in [0.05, 0.1) is 24.8 Å². The van der Waals surface area contributed by atoms with Gasteiger partial charge in [-0.05, 0) is 49.2 Å². The molecule has 0 aliphatic carbocycles. The Kier molecular flexibility index (Phi) is 7.26. The maximum atomic E-state index is 13.6. The molecule has 2 aromatic carbocycles. The smallest absolute Gasteiger partial charge is 0.249 e. The van der Waals surface area contributed by atoms with Crippen molar-refractivity contribution < 1.29 is 18.7 Å². The van der Waals surface area contributed by atoms with Crippen LogP contribution in [0.1, 0.15) is 31.0 Å². The molecular weight excluding hydrogens is 380 g/mol. The summed E-state index contributed by atoms with van der Waals surface area (Å²) in [5.41, 5.74) is 1.33. The minimum Gasteiger partial charge on any atom is -0.497 e. The van der Waals surface area contributed by atoms with E-state index in [4.69, 9.17) is 32.7 Å². The van der Waals surface area contributed by atoms with Gasteiger partial charge in [0.1, 0.15) is 17.7 Å². The average molecular weight is 400 g/mol. The number of ether oxygens (including phenoxy) is 2. The maximum Gasteiger partial charge on any atom is 0.249 e. The molecule has 2 aromatic rings. The van der Waals surface area contributed by atoms with Crippen LogP contribution in [0.2, 0.25) is 10.0 Å².